The Labute approximate surface area is 118 Å². The molecule has 0 aliphatic carbocycles. The number of benzene rings is 1. The van der Waals surface area contributed by atoms with Gasteiger partial charge < -0.3 is 14.8 Å². The molecule has 0 amide bonds. The number of nitrogens with one attached hydrogen (secondary N) is 2. The fourth-order valence-electron chi connectivity index (χ4n) is 1.86. The first-order chi connectivity index (χ1) is 9.65. The first-order valence-electron chi connectivity index (χ1n) is 6.14. The third-order valence-electron chi connectivity index (χ3n) is 2.84. The second-order valence-electron chi connectivity index (χ2n) is 4.29. The highest BCUT2D eigenvalue weighted by molar-refractivity contribution is 6.07. The van der Waals surface area contributed by atoms with Crippen LogP contribution < -0.4 is 14.8 Å². The van der Waals surface area contributed by atoms with Crippen LogP contribution in [0.4, 0.5) is 5.69 Å². The standard InChI is InChI=1S/C15H17N3O2/c1-10-7-11(9-17-8-10)15(16)18-14-12(19-2)5-4-6-13(14)20-3/h4-9H,1-3H3,(H2,16,18). The quantitative estimate of drug-likeness (QED) is 0.663. The van der Waals surface area contributed by atoms with Crippen molar-refractivity contribution >= 4 is 11.5 Å². The van der Waals surface area contributed by atoms with Gasteiger partial charge in [0.15, 0.2) is 0 Å². The van der Waals surface area contributed by atoms with E-state index in [9.17, 15) is 0 Å². The van der Waals surface area contributed by atoms with Crippen LogP contribution in [0.1, 0.15) is 11.1 Å². The molecule has 0 aliphatic heterocycles. The normalized spacial score (nSPS) is 9.95. The number of hydrogen-bond donors (Lipinski definition) is 2. The summed E-state index contributed by atoms with van der Waals surface area (Å²) in [5.74, 6) is 1.48. The summed E-state index contributed by atoms with van der Waals surface area (Å²) in [4.78, 5) is 4.09. The van der Waals surface area contributed by atoms with Gasteiger partial charge >= 0.3 is 0 Å². The molecule has 104 valence electrons. The smallest absolute Gasteiger partial charge is 0.146 e. The number of anilines is 1. The van der Waals surface area contributed by atoms with Gasteiger partial charge in [-0.3, -0.25) is 10.4 Å². The molecule has 1 heterocycles. The number of nitrogens with zero attached hydrogens (tertiary/aromatic N) is 1. The van der Waals surface area contributed by atoms with Gasteiger partial charge in [0, 0.05) is 18.0 Å². The van der Waals surface area contributed by atoms with Crippen LogP contribution in [0, 0.1) is 12.3 Å². The van der Waals surface area contributed by atoms with Crippen molar-refractivity contribution in [2.24, 2.45) is 0 Å². The summed E-state index contributed by atoms with van der Waals surface area (Å²) in [7, 11) is 3.16. The Bertz CT molecular complexity index is 604. The Morgan fingerprint density at radius 3 is 2.35 bits per heavy atom. The van der Waals surface area contributed by atoms with E-state index in [1.807, 2.05) is 31.2 Å². The highest BCUT2D eigenvalue weighted by Crippen LogP contribution is 2.34. The lowest BCUT2D eigenvalue weighted by Gasteiger charge is -2.15. The van der Waals surface area contributed by atoms with Gasteiger partial charge in [0.1, 0.15) is 23.0 Å². The number of amidine groups is 1. The van der Waals surface area contributed by atoms with Crippen molar-refractivity contribution in [1.29, 1.82) is 5.41 Å². The van der Waals surface area contributed by atoms with Crippen molar-refractivity contribution in [2.75, 3.05) is 19.5 Å². The first-order valence-corrected chi connectivity index (χ1v) is 6.14. The SMILES string of the molecule is COc1cccc(OC)c1NC(=N)c1cncc(C)c1. The van der Waals surface area contributed by atoms with Crippen LogP contribution in [0.5, 0.6) is 11.5 Å². The largest absolute Gasteiger partial charge is 0.494 e. The molecule has 2 N–H and O–H groups in total. The van der Waals surface area contributed by atoms with Crippen LogP contribution in [0.3, 0.4) is 0 Å². The van der Waals surface area contributed by atoms with Crippen LogP contribution in [0.25, 0.3) is 0 Å². The fraction of sp³-hybridized carbons (Fsp3) is 0.200. The van der Waals surface area contributed by atoms with Gasteiger partial charge in [-0.25, -0.2) is 0 Å². The van der Waals surface area contributed by atoms with E-state index in [1.165, 1.54) is 0 Å². The van der Waals surface area contributed by atoms with E-state index in [-0.39, 0.29) is 5.84 Å². The minimum absolute atomic E-state index is 0.240. The molecule has 1 aromatic heterocycles. The highest BCUT2D eigenvalue weighted by atomic mass is 16.5. The number of aryl methyl sites for hydroxylation is 1. The topological polar surface area (TPSA) is 67.2 Å². The van der Waals surface area contributed by atoms with E-state index in [2.05, 4.69) is 10.3 Å². The molecule has 0 saturated carbocycles. The molecule has 0 radical (unpaired) electrons. The highest BCUT2D eigenvalue weighted by Gasteiger charge is 2.12. The van der Waals surface area contributed by atoms with E-state index < -0.39 is 0 Å². The maximum absolute atomic E-state index is 8.15. The van der Waals surface area contributed by atoms with Gasteiger partial charge in [-0.2, -0.15) is 0 Å². The van der Waals surface area contributed by atoms with Crippen molar-refractivity contribution in [3.05, 3.63) is 47.8 Å². The maximum Gasteiger partial charge on any atom is 0.146 e. The molecule has 0 fully saturated rings. The lowest BCUT2D eigenvalue weighted by Crippen LogP contribution is -2.14. The number of methoxy groups -OCH3 is 2. The minimum Gasteiger partial charge on any atom is -0.494 e. The average molecular weight is 271 g/mol. The monoisotopic (exact) mass is 271 g/mol. The minimum atomic E-state index is 0.240. The molecule has 5 nitrogen and oxygen atoms in total. The van der Waals surface area contributed by atoms with Crippen molar-refractivity contribution in [3.8, 4) is 11.5 Å². The van der Waals surface area contributed by atoms with Crippen LogP contribution in [0.2, 0.25) is 0 Å². The molecular formula is C15H17N3O2. The summed E-state index contributed by atoms with van der Waals surface area (Å²) in [6.45, 7) is 1.94. The van der Waals surface area contributed by atoms with Crippen molar-refractivity contribution in [2.45, 2.75) is 6.92 Å². The Hall–Kier alpha value is -2.56. The summed E-state index contributed by atoms with van der Waals surface area (Å²) in [5, 5.41) is 11.2. The molecule has 0 atom stereocenters. The molecule has 2 rings (SSSR count). The number of aromatic nitrogens is 1. The Kier molecular flexibility index (Phi) is 4.20. The molecule has 20 heavy (non-hydrogen) atoms. The van der Waals surface area contributed by atoms with Gasteiger partial charge in [0.2, 0.25) is 0 Å². The van der Waals surface area contributed by atoms with Crippen molar-refractivity contribution < 1.29 is 9.47 Å². The summed E-state index contributed by atoms with van der Waals surface area (Å²) in [6.07, 6.45) is 3.39. The molecule has 2 aromatic rings. The van der Waals surface area contributed by atoms with E-state index in [4.69, 9.17) is 14.9 Å². The van der Waals surface area contributed by atoms with E-state index in [0.29, 0.717) is 22.7 Å². The Balaban J connectivity index is 2.32. The molecule has 5 heteroatoms. The van der Waals surface area contributed by atoms with Gasteiger partial charge in [-0.05, 0) is 30.7 Å². The first kappa shape index (κ1) is 13.9. The summed E-state index contributed by atoms with van der Waals surface area (Å²) < 4.78 is 10.6. The second kappa shape index (κ2) is 6.06. The van der Waals surface area contributed by atoms with Crippen molar-refractivity contribution in [3.63, 3.8) is 0 Å². The number of ether oxygens (including phenoxy) is 2. The summed E-state index contributed by atoms with van der Waals surface area (Å²) >= 11 is 0. The van der Waals surface area contributed by atoms with Crippen LogP contribution in [-0.4, -0.2) is 25.0 Å². The zero-order chi connectivity index (χ0) is 14.5. The lowest BCUT2D eigenvalue weighted by molar-refractivity contribution is 0.398. The van der Waals surface area contributed by atoms with Gasteiger partial charge in [-0.1, -0.05) is 6.07 Å². The van der Waals surface area contributed by atoms with Crippen molar-refractivity contribution in [1.82, 2.24) is 4.98 Å². The predicted octanol–water partition coefficient (Wildman–Crippen LogP) is 2.84. The van der Waals surface area contributed by atoms with Crippen LogP contribution >= 0.6 is 0 Å². The number of pyridine rings is 1. The maximum atomic E-state index is 8.15. The zero-order valence-corrected chi connectivity index (χ0v) is 11.7. The molecule has 0 bridgehead atoms. The molecular weight excluding hydrogens is 254 g/mol. The third-order valence-corrected chi connectivity index (χ3v) is 2.84. The molecule has 1 aromatic carbocycles. The fourth-order valence-corrected chi connectivity index (χ4v) is 1.86. The predicted molar refractivity (Wildman–Crippen MR) is 79.0 cm³/mol. The zero-order valence-electron chi connectivity index (χ0n) is 11.7. The number of para-hydroxylation sites is 1. The lowest BCUT2D eigenvalue weighted by atomic mass is 10.2. The Morgan fingerprint density at radius 2 is 1.80 bits per heavy atom. The number of rotatable bonds is 4. The third kappa shape index (κ3) is 2.88. The molecule has 0 unspecified atom stereocenters. The average Bonchev–Trinajstić information content (AvgIpc) is 2.47. The summed E-state index contributed by atoms with van der Waals surface area (Å²) in [6, 6.07) is 7.35. The van der Waals surface area contributed by atoms with Crippen LogP contribution in [-0.2, 0) is 0 Å². The molecule has 0 spiro atoms. The molecule has 0 aliphatic rings. The Morgan fingerprint density at radius 1 is 1.15 bits per heavy atom. The van der Waals surface area contributed by atoms with Gasteiger partial charge in [-0.15, -0.1) is 0 Å². The van der Waals surface area contributed by atoms with Crippen LogP contribution in [0.15, 0.2) is 36.7 Å². The number of hydrogen-bond acceptors (Lipinski definition) is 4. The molecule has 0 saturated heterocycles. The van der Waals surface area contributed by atoms with E-state index in [1.54, 1.807) is 26.6 Å². The van der Waals surface area contributed by atoms with E-state index >= 15 is 0 Å². The summed E-state index contributed by atoms with van der Waals surface area (Å²) in [5.41, 5.74) is 2.34. The van der Waals surface area contributed by atoms with Gasteiger partial charge in [0.25, 0.3) is 0 Å². The second-order valence-corrected chi connectivity index (χ2v) is 4.29. The van der Waals surface area contributed by atoms with E-state index in [0.717, 1.165) is 5.56 Å². The van der Waals surface area contributed by atoms with Gasteiger partial charge in [0.05, 0.1) is 14.2 Å².